The number of fused-ring (bicyclic) bond motifs is 2. The molecule has 0 unspecified atom stereocenters. The molecule has 2 aromatic rings. The van der Waals surface area contributed by atoms with Crippen LogP contribution in [0.3, 0.4) is 0 Å². The van der Waals surface area contributed by atoms with Crippen LogP contribution in [0.5, 0.6) is 0 Å². The maximum Gasteiger partial charge on any atom is 0.264 e. The minimum Gasteiger partial charge on any atom is -0.335 e. The summed E-state index contributed by atoms with van der Waals surface area (Å²) in [5, 5.41) is 0.574. The Kier molecular flexibility index (Phi) is 5.19. The van der Waals surface area contributed by atoms with E-state index in [1.54, 1.807) is 17.8 Å². The Morgan fingerprint density at radius 1 is 1.25 bits per heavy atom. The third kappa shape index (κ3) is 2.98. The van der Waals surface area contributed by atoms with Gasteiger partial charge in [0, 0.05) is 37.5 Å². The molecular weight excluding hydrogens is 424 g/mol. The molecule has 32 heavy (non-hydrogen) atoms. The van der Waals surface area contributed by atoms with Gasteiger partial charge in [-0.25, -0.2) is 4.98 Å². The predicted molar refractivity (Wildman–Crippen MR) is 125 cm³/mol. The van der Waals surface area contributed by atoms with Crippen LogP contribution in [-0.2, 0) is 11.3 Å². The van der Waals surface area contributed by atoms with Gasteiger partial charge in [-0.15, -0.1) is 11.3 Å². The molecule has 3 aliphatic rings. The third-order valence-corrected chi connectivity index (χ3v) is 9.30. The summed E-state index contributed by atoms with van der Waals surface area (Å²) in [7, 11) is 0. The molecule has 2 aliphatic heterocycles. The second kappa shape index (κ2) is 7.68. The highest BCUT2D eigenvalue weighted by molar-refractivity contribution is 7.20. The second-order valence-electron chi connectivity index (χ2n) is 10.0. The molecule has 0 N–H and O–H groups in total. The number of hydrogen-bond acceptors (Lipinski definition) is 5. The van der Waals surface area contributed by atoms with Crippen LogP contribution >= 0.6 is 11.3 Å². The van der Waals surface area contributed by atoms with E-state index in [9.17, 15) is 14.4 Å². The summed E-state index contributed by atoms with van der Waals surface area (Å²) in [6, 6.07) is 0.412. The quantitative estimate of drug-likeness (QED) is 0.708. The molecule has 3 fully saturated rings. The van der Waals surface area contributed by atoms with Crippen LogP contribution in [0.1, 0.15) is 74.5 Å². The molecule has 7 nitrogen and oxygen atoms in total. The van der Waals surface area contributed by atoms with Gasteiger partial charge >= 0.3 is 0 Å². The van der Waals surface area contributed by atoms with E-state index in [2.05, 4.69) is 16.8 Å². The molecule has 2 amide bonds. The van der Waals surface area contributed by atoms with Gasteiger partial charge in [-0.2, -0.15) is 0 Å². The minimum absolute atomic E-state index is 0.00100. The zero-order valence-corrected chi connectivity index (χ0v) is 20.2. The first kappa shape index (κ1) is 21.6. The topological polar surface area (TPSA) is 75.5 Å². The van der Waals surface area contributed by atoms with Gasteiger partial charge in [-0.05, 0) is 38.2 Å². The molecule has 4 atom stereocenters. The monoisotopic (exact) mass is 456 g/mol. The van der Waals surface area contributed by atoms with Crippen molar-refractivity contribution in [2.24, 2.45) is 5.41 Å². The highest BCUT2D eigenvalue weighted by atomic mass is 32.1. The third-order valence-electron chi connectivity index (χ3n) is 8.12. The lowest BCUT2D eigenvalue weighted by atomic mass is 9.71. The van der Waals surface area contributed by atoms with Crippen molar-refractivity contribution in [3.63, 3.8) is 0 Å². The van der Waals surface area contributed by atoms with Crippen LogP contribution < -0.4 is 5.56 Å². The van der Waals surface area contributed by atoms with Crippen LogP contribution in [0, 0.1) is 12.3 Å². The first-order valence-corrected chi connectivity index (χ1v) is 12.7. The van der Waals surface area contributed by atoms with Gasteiger partial charge < -0.3 is 9.80 Å². The molecule has 1 saturated carbocycles. The van der Waals surface area contributed by atoms with E-state index in [1.807, 2.05) is 18.7 Å². The Labute approximate surface area is 192 Å². The van der Waals surface area contributed by atoms with E-state index >= 15 is 0 Å². The highest BCUT2D eigenvalue weighted by Gasteiger charge is 2.60. The van der Waals surface area contributed by atoms with Gasteiger partial charge in [0.1, 0.15) is 4.83 Å². The summed E-state index contributed by atoms with van der Waals surface area (Å²) < 4.78 is 1.64. The summed E-state index contributed by atoms with van der Waals surface area (Å²) in [6.45, 7) is 9.06. The molecule has 0 aromatic carbocycles. The number of carbonyl (C=O) groups excluding carboxylic acids is 2. The number of aromatic nitrogens is 2. The summed E-state index contributed by atoms with van der Waals surface area (Å²) >= 11 is 1.34. The van der Waals surface area contributed by atoms with Crippen molar-refractivity contribution in [1.29, 1.82) is 0 Å². The Hall–Kier alpha value is -2.22. The first-order chi connectivity index (χ1) is 15.3. The van der Waals surface area contributed by atoms with Crippen LogP contribution in [0.4, 0.5) is 0 Å². The molecule has 8 heteroatoms. The van der Waals surface area contributed by atoms with Gasteiger partial charge in [0.05, 0.1) is 22.6 Å². The molecule has 2 aromatic heterocycles. The zero-order chi connectivity index (χ0) is 22.8. The predicted octanol–water partition coefficient (Wildman–Crippen LogP) is 3.57. The van der Waals surface area contributed by atoms with Crippen LogP contribution in [0.2, 0.25) is 0 Å². The molecule has 4 heterocycles. The van der Waals surface area contributed by atoms with E-state index in [0.717, 1.165) is 44.1 Å². The Balaban J connectivity index is 1.57. The van der Waals surface area contributed by atoms with Gasteiger partial charge in [0.2, 0.25) is 5.91 Å². The van der Waals surface area contributed by atoms with Crippen molar-refractivity contribution in [3.05, 3.63) is 27.1 Å². The van der Waals surface area contributed by atoms with Gasteiger partial charge in [-0.3, -0.25) is 19.0 Å². The molecular formula is C24H32N4O3S. The Morgan fingerprint density at radius 3 is 2.66 bits per heavy atom. The van der Waals surface area contributed by atoms with Crippen molar-refractivity contribution in [2.45, 2.75) is 90.9 Å². The SMILES string of the molecule is CCCn1cnc2sc(C(=O)N3C[C@@H]4C[C@@]5(C)[C@H](CCCC[C@@H]35)N4C(C)=O)c(C)c2c1=O. The lowest BCUT2D eigenvalue weighted by Crippen LogP contribution is -2.55. The number of aryl methyl sites for hydroxylation is 2. The van der Waals surface area contributed by atoms with Crippen molar-refractivity contribution in [3.8, 4) is 0 Å². The fourth-order valence-electron chi connectivity index (χ4n) is 6.76. The van der Waals surface area contributed by atoms with E-state index in [4.69, 9.17) is 0 Å². The standard InChI is InChI=1S/C24H32N4O3S/c1-5-10-26-13-25-21-19(22(26)30)14(2)20(32-21)23(31)27-12-16-11-24(4)17(27)8-6-7-9-18(24)28(16)15(3)29/h13,16-18H,5-12H2,1-4H3/t16-,17+,18-,24+/m0/s1. The smallest absolute Gasteiger partial charge is 0.264 e. The number of thiophene rings is 1. The maximum absolute atomic E-state index is 14.0. The average Bonchev–Trinajstić information content (AvgIpc) is 3.14. The first-order valence-electron chi connectivity index (χ1n) is 11.9. The van der Waals surface area contributed by atoms with Crippen LogP contribution in [0.15, 0.2) is 11.1 Å². The van der Waals surface area contributed by atoms with E-state index in [0.29, 0.717) is 28.2 Å². The fraction of sp³-hybridized carbons (Fsp3) is 0.667. The number of amides is 2. The summed E-state index contributed by atoms with van der Waals surface area (Å²) in [4.78, 5) is 49.4. The molecule has 172 valence electrons. The largest absolute Gasteiger partial charge is 0.335 e. The lowest BCUT2D eigenvalue weighted by Gasteiger charge is -2.46. The van der Waals surface area contributed by atoms with Gasteiger partial charge in [0.25, 0.3) is 11.5 Å². The lowest BCUT2D eigenvalue weighted by molar-refractivity contribution is -0.132. The second-order valence-corrected chi connectivity index (χ2v) is 11.0. The van der Waals surface area contributed by atoms with Crippen LogP contribution in [-0.4, -0.2) is 55.8 Å². The van der Waals surface area contributed by atoms with E-state index in [1.165, 1.54) is 11.3 Å². The van der Waals surface area contributed by atoms with Crippen molar-refractivity contribution >= 4 is 33.4 Å². The molecule has 0 spiro atoms. The maximum atomic E-state index is 14.0. The normalized spacial score (nSPS) is 29.4. The summed E-state index contributed by atoms with van der Waals surface area (Å²) in [5.74, 6) is 0.122. The highest BCUT2D eigenvalue weighted by Crippen LogP contribution is 2.53. The molecule has 2 bridgehead atoms. The van der Waals surface area contributed by atoms with Gasteiger partial charge in [-0.1, -0.05) is 26.7 Å². The minimum atomic E-state index is -0.0720. The molecule has 5 rings (SSSR count). The number of hydrogen-bond donors (Lipinski definition) is 0. The van der Waals surface area contributed by atoms with Crippen molar-refractivity contribution in [1.82, 2.24) is 19.4 Å². The zero-order valence-electron chi connectivity index (χ0n) is 19.4. The number of piperidine rings is 1. The summed E-state index contributed by atoms with van der Waals surface area (Å²) in [6.07, 6.45) is 7.59. The van der Waals surface area contributed by atoms with Crippen LogP contribution in [0.25, 0.3) is 10.2 Å². The number of carbonyl (C=O) groups is 2. The van der Waals surface area contributed by atoms with Crippen molar-refractivity contribution < 1.29 is 9.59 Å². The van der Waals surface area contributed by atoms with E-state index < -0.39 is 0 Å². The summed E-state index contributed by atoms with van der Waals surface area (Å²) in [5.41, 5.74) is 0.611. The Bertz CT molecular complexity index is 1150. The average molecular weight is 457 g/mol. The Morgan fingerprint density at radius 2 is 1.97 bits per heavy atom. The van der Waals surface area contributed by atoms with Gasteiger partial charge in [0.15, 0.2) is 0 Å². The molecule has 1 aliphatic carbocycles. The molecule has 2 saturated heterocycles. The fourth-order valence-corrected chi connectivity index (χ4v) is 7.86. The number of likely N-dealkylation sites (tertiary alicyclic amines) is 2. The van der Waals surface area contributed by atoms with E-state index in [-0.39, 0.29) is 40.9 Å². The van der Waals surface area contributed by atoms with Crippen molar-refractivity contribution in [2.75, 3.05) is 6.54 Å². The number of nitrogens with zero attached hydrogens (tertiary/aromatic N) is 4. The molecule has 0 radical (unpaired) electrons. The number of rotatable bonds is 3.